The topological polar surface area (TPSA) is 33.6 Å². The zero-order valence-corrected chi connectivity index (χ0v) is 18.4. The fourth-order valence-electron chi connectivity index (χ4n) is 3.63. The van der Waals surface area contributed by atoms with Crippen LogP contribution in [0.15, 0.2) is 71.7 Å². The number of ether oxygens (including phenoxy) is 1. The lowest BCUT2D eigenvalue weighted by Crippen LogP contribution is -2.49. The molecule has 1 heterocycles. The summed E-state index contributed by atoms with van der Waals surface area (Å²) < 4.78 is 49.7. The Morgan fingerprint density at radius 1 is 0.875 bits per heavy atom. The summed E-state index contributed by atoms with van der Waals surface area (Å²) in [6.45, 7) is 7.75. The van der Waals surface area contributed by atoms with Gasteiger partial charge in [0, 0.05) is 11.3 Å². The summed E-state index contributed by atoms with van der Waals surface area (Å²) in [7, 11) is 0. The number of alkyl halides is 3. The minimum absolute atomic E-state index is 0.0700. The predicted octanol–water partition coefficient (Wildman–Crippen LogP) is 7.09. The number of benzene rings is 3. The van der Waals surface area contributed by atoms with Crippen LogP contribution in [0.3, 0.4) is 0 Å². The van der Waals surface area contributed by atoms with E-state index in [1.807, 2.05) is 58.0 Å². The molecular formula is C26H25F3N2O. The van der Waals surface area contributed by atoms with Gasteiger partial charge in [0.2, 0.25) is 0 Å². The number of hydrogen-bond donors (Lipinski definition) is 1. The van der Waals surface area contributed by atoms with Gasteiger partial charge >= 0.3 is 11.9 Å². The molecule has 6 heteroatoms. The van der Waals surface area contributed by atoms with Crippen LogP contribution in [-0.4, -0.2) is 12.0 Å². The fraction of sp³-hybridized carbons (Fsp3) is 0.269. The Morgan fingerprint density at radius 3 is 2.03 bits per heavy atom. The van der Waals surface area contributed by atoms with Crippen LogP contribution >= 0.6 is 0 Å². The van der Waals surface area contributed by atoms with Crippen LogP contribution in [0.25, 0.3) is 0 Å². The third-order valence-electron chi connectivity index (χ3n) is 5.60. The zero-order valence-electron chi connectivity index (χ0n) is 18.4. The number of hydrogen-bond acceptors (Lipinski definition) is 3. The summed E-state index contributed by atoms with van der Waals surface area (Å²) in [6, 6.07) is 18.9. The Bertz CT molecular complexity index is 1150. The van der Waals surface area contributed by atoms with Crippen LogP contribution in [0.1, 0.15) is 47.6 Å². The Hall–Kier alpha value is -3.28. The molecule has 0 saturated heterocycles. The number of aliphatic imine (C=N–C) groups is 1. The van der Waals surface area contributed by atoms with E-state index < -0.39 is 11.9 Å². The number of aryl methyl sites for hydroxylation is 2. The van der Waals surface area contributed by atoms with Gasteiger partial charge in [-0.3, -0.25) is 0 Å². The molecule has 4 rings (SSSR count). The average molecular weight is 438 g/mol. The Kier molecular flexibility index (Phi) is 5.49. The zero-order chi connectivity index (χ0) is 23.1. The van der Waals surface area contributed by atoms with Crippen molar-refractivity contribution in [2.75, 3.05) is 5.32 Å². The number of anilines is 1. The van der Waals surface area contributed by atoms with Gasteiger partial charge in [0.25, 0.3) is 0 Å². The van der Waals surface area contributed by atoms with Crippen molar-refractivity contribution < 1.29 is 17.9 Å². The second-order valence-corrected chi connectivity index (χ2v) is 8.47. The number of nitrogens with one attached hydrogen (secondary N) is 1. The van der Waals surface area contributed by atoms with Crippen LogP contribution in [0.4, 0.5) is 18.9 Å². The summed E-state index contributed by atoms with van der Waals surface area (Å²) >= 11 is 0. The summed E-state index contributed by atoms with van der Waals surface area (Å²) in [5.41, 5.74) is 1.01. The number of halogens is 3. The molecule has 0 radical (unpaired) electrons. The highest BCUT2D eigenvalue weighted by atomic mass is 19.4. The maximum atomic E-state index is 14.6. The third-order valence-corrected chi connectivity index (χ3v) is 5.60. The first-order valence-electron chi connectivity index (χ1n) is 10.5. The van der Waals surface area contributed by atoms with Crippen molar-refractivity contribution in [2.45, 2.75) is 45.5 Å². The van der Waals surface area contributed by atoms with Crippen LogP contribution in [0.5, 0.6) is 5.75 Å². The number of fused-ring (bicyclic) bond motifs is 1. The number of amidine groups is 1. The minimum Gasteiger partial charge on any atom is -0.452 e. The molecule has 32 heavy (non-hydrogen) atoms. The van der Waals surface area contributed by atoms with Crippen molar-refractivity contribution in [3.63, 3.8) is 0 Å². The predicted molar refractivity (Wildman–Crippen MR) is 121 cm³/mol. The van der Waals surface area contributed by atoms with Crippen molar-refractivity contribution in [1.82, 2.24) is 0 Å². The lowest BCUT2D eigenvalue weighted by atomic mass is 9.96. The summed E-state index contributed by atoms with van der Waals surface area (Å²) in [5.74, 6) is 0.401. The molecule has 0 bridgehead atoms. The maximum Gasteiger partial charge on any atom is 0.455 e. The van der Waals surface area contributed by atoms with Crippen molar-refractivity contribution >= 4 is 11.5 Å². The van der Waals surface area contributed by atoms with Crippen LogP contribution in [0, 0.1) is 13.8 Å². The smallest absolute Gasteiger partial charge is 0.452 e. The summed E-state index contributed by atoms with van der Waals surface area (Å²) in [4.78, 5) is 4.18. The van der Waals surface area contributed by atoms with Gasteiger partial charge in [-0.1, -0.05) is 67.4 Å². The molecule has 0 aromatic heterocycles. The molecule has 3 aromatic rings. The second-order valence-electron chi connectivity index (χ2n) is 8.47. The van der Waals surface area contributed by atoms with Gasteiger partial charge in [0.15, 0.2) is 0 Å². The first-order valence-corrected chi connectivity index (χ1v) is 10.5. The van der Waals surface area contributed by atoms with Gasteiger partial charge in [-0.25, -0.2) is 4.99 Å². The molecular weight excluding hydrogens is 413 g/mol. The van der Waals surface area contributed by atoms with Crippen molar-refractivity contribution in [2.24, 2.45) is 4.99 Å². The van der Waals surface area contributed by atoms with Crippen molar-refractivity contribution in [3.05, 3.63) is 94.5 Å². The monoisotopic (exact) mass is 438 g/mol. The minimum atomic E-state index is -4.78. The lowest BCUT2D eigenvalue weighted by molar-refractivity contribution is -0.252. The average Bonchev–Trinajstić information content (AvgIpc) is 2.74. The normalized spacial score (nSPS) is 18.1. The molecule has 0 aliphatic carbocycles. The fourth-order valence-corrected chi connectivity index (χ4v) is 3.63. The summed E-state index contributed by atoms with van der Waals surface area (Å²) in [5, 5.41) is 3.09. The lowest BCUT2D eigenvalue weighted by Gasteiger charge is -2.37. The van der Waals surface area contributed by atoms with Gasteiger partial charge in [-0.15, -0.1) is 0 Å². The largest absolute Gasteiger partial charge is 0.455 e. The van der Waals surface area contributed by atoms with E-state index in [0.29, 0.717) is 11.3 Å². The van der Waals surface area contributed by atoms with Gasteiger partial charge in [0.05, 0.1) is 5.56 Å². The van der Waals surface area contributed by atoms with E-state index in [9.17, 15) is 13.2 Å². The van der Waals surface area contributed by atoms with Gasteiger partial charge in [0.1, 0.15) is 11.6 Å². The third kappa shape index (κ3) is 3.97. The van der Waals surface area contributed by atoms with Gasteiger partial charge < -0.3 is 10.1 Å². The highest BCUT2D eigenvalue weighted by molar-refractivity contribution is 6.10. The van der Waals surface area contributed by atoms with Gasteiger partial charge in [-0.05, 0) is 49.6 Å². The maximum absolute atomic E-state index is 14.6. The molecule has 0 fully saturated rings. The second kappa shape index (κ2) is 8.01. The Labute approximate surface area is 186 Å². The molecule has 1 aliphatic rings. The molecule has 166 valence electrons. The quantitative estimate of drug-likeness (QED) is 0.473. The highest BCUT2D eigenvalue weighted by Crippen LogP contribution is 2.48. The highest BCUT2D eigenvalue weighted by Gasteiger charge is 2.61. The molecule has 1 N–H and O–H groups in total. The Morgan fingerprint density at radius 2 is 1.47 bits per heavy atom. The van der Waals surface area contributed by atoms with E-state index in [0.717, 1.165) is 16.7 Å². The molecule has 0 amide bonds. The molecule has 1 aliphatic heterocycles. The number of nitrogens with zero attached hydrogens (tertiary/aromatic N) is 1. The van der Waals surface area contributed by atoms with Crippen LogP contribution in [-0.2, 0) is 5.72 Å². The van der Waals surface area contributed by atoms with Crippen LogP contribution < -0.4 is 10.1 Å². The first kappa shape index (κ1) is 21.9. The van der Waals surface area contributed by atoms with E-state index in [4.69, 9.17) is 4.74 Å². The van der Waals surface area contributed by atoms with E-state index in [-0.39, 0.29) is 23.1 Å². The summed E-state index contributed by atoms with van der Waals surface area (Å²) in [6.07, 6.45) is -4.78. The first-order chi connectivity index (χ1) is 15.1. The molecule has 3 aromatic carbocycles. The standard InChI is InChI=1S/C26H25F3N2O/c1-16(2)19-9-14-22-23(15-19)32-25(26(27,28)29,20-10-5-17(3)6-11-20)31-24(22)30-21-12-7-18(4)8-13-21/h5-16H,1-4H3,(H,30,31)/t25-/m0/s1. The van der Waals surface area contributed by atoms with E-state index in [2.05, 4.69) is 10.3 Å². The Balaban J connectivity index is 1.92. The van der Waals surface area contributed by atoms with E-state index >= 15 is 0 Å². The molecule has 0 saturated carbocycles. The molecule has 0 unspecified atom stereocenters. The van der Waals surface area contributed by atoms with Crippen LogP contribution in [0.2, 0.25) is 0 Å². The number of rotatable bonds is 3. The molecule has 1 atom stereocenters. The van der Waals surface area contributed by atoms with Crippen molar-refractivity contribution in [1.29, 1.82) is 0 Å². The van der Waals surface area contributed by atoms with E-state index in [1.54, 1.807) is 24.3 Å². The van der Waals surface area contributed by atoms with Gasteiger partial charge in [-0.2, -0.15) is 13.2 Å². The molecule has 3 nitrogen and oxygen atoms in total. The SMILES string of the molecule is Cc1ccc(NC2=N[C@](c3ccc(C)cc3)(C(F)(F)F)Oc3cc(C(C)C)ccc32)cc1. The van der Waals surface area contributed by atoms with E-state index in [1.165, 1.54) is 12.1 Å². The molecule has 0 spiro atoms. The van der Waals surface area contributed by atoms with Crippen molar-refractivity contribution in [3.8, 4) is 5.75 Å².